The van der Waals surface area contributed by atoms with Crippen molar-refractivity contribution in [1.82, 2.24) is 10.4 Å². The largest absolute Gasteiger partial charge is 0.496 e. The van der Waals surface area contributed by atoms with Gasteiger partial charge in [-0.1, -0.05) is 18.2 Å². The van der Waals surface area contributed by atoms with Crippen LogP contribution >= 0.6 is 11.8 Å². The minimum atomic E-state index is -0.374. The Bertz CT molecular complexity index is 1030. The van der Waals surface area contributed by atoms with Crippen molar-refractivity contribution in [1.29, 1.82) is 0 Å². The second kappa shape index (κ2) is 11.6. The number of hydrogen-bond acceptors (Lipinski definition) is 7. The number of hydrogen-bond donors (Lipinski definition) is 1. The van der Waals surface area contributed by atoms with E-state index in [4.69, 9.17) is 14.2 Å². The van der Waals surface area contributed by atoms with Gasteiger partial charge in [0.1, 0.15) is 5.75 Å². The normalized spacial score (nSPS) is 10.6. The molecular formula is C23H23N3O4S. The Balaban J connectivity index is 1.55. The summed E-state index contributed by atoms with van der Waals surface area (Å²) in [6.45, 7) is -0.174. The van der Waals surface area contributed by atoms with Crippen LogP contribution in [0.3, 0.4) is 0 Å². The van der Waals surface area contributed by atoms with Crippen LogP contribution in [0.25, 0.3) is 0 Å². The number of ether oxygens (including phenoxy) is 3. The van der Waals surface area contributed by atoms with Gasteiger partial charge in [-0.2, -0.15) is 5.10 Å². The molecule has 160 valence electrons. The molecule has 1 N–H and O–H groups in total. The molecule has 0 bridgehead atoms. The lowest BCUT2D eigenvalue weighted by Gasteiger charge is -2.09. The van der Waals surface area contributed by atoms with E-state index >= 15 is 0 Å². The van der Waals surface area contributed by atoms with Crippen LogP contribution in [-0.4, -0.2) is 37.9 Å². The first kappa shape index (κ1) is 22.2. The van der Waals surface area contributed by atoms with E-state index in [1.807, 2.05) is 42.5 Å². The average Bonchev–Trinajstić information content (AvgIpc) is 2.82. The number of para-hydroxylation sites is 2. The van der Waals surface area contributed by atoms with Crippen molar-refractivity contribution in [2.45, 2.75) is 10.8 Å². The van der Waals surface area contributed by atoms with Crippen LogP contribution in [-0.2, 0) is 10.5 Å². The van der Waals surface area contributed by atoms with E-state index in [1.54, 1.807) is 56.6 Å². The number of rotatable bonds is 10. The van der Waals surface area contributed by atoms with Gasteiger partial charge in [0, 0.05) is 17.5 Å². The zero-order valence-corrected chi connectivity index (χ0v) is 18.1. The van der Waals surface area contributed by atoms with Gasteiger partial charge < -0.3 is 14.2 Å². The molecule has 0 aliphatic rings. The van der Waals surface area contributed by atoms with Crippen molar-refractivity contribution >= 4 is 23.9 Å². The zero-order chi connectivity index (χ0) is 21.9. The highest BCUT2D eigenvalue weighted by atomic mass is 32.2. The number of aromatic nitrogens is 1. The molecule has 0 aliphatic carbocycles. The van der Waals surface area contributed by atoms with Crippen LogP contribution < -0.4 is 19.6 Å². The van der Waals surface area contributed by atoms with Crippen molar-refractivity contribution in [3.05, 3.63) is 78.0 Å². The molecule has 2 aromatic carbocycles. The van der Waals surface area contributed by atoms with E-state index < -0.39 is 0 Å². The number of nitrogens with one attached hydrogen (secondary N) is 1. The van der Waals surface area contributed by atoms with Gasteiger partial charge in [-0.25, -0.2) is 10.4 Å². The molecule has 0 radical (unpaired) electrons. The Morgan fingerprint density at radius 2 is 1.81 bits per heavy atom. The molecule has 7 nitrogen and oxygen atoms in total. The first-order valence-electron chi connectivity index (χ1n) is 9.48. The lowest BCUT2D eigenvalue weighted by molar-refractivity contribution is -0.123. The van der Waals surface area contributed by atoms with Gasteiger partial charge in [0.15, 0.2) is 18.1 Å². The SMILES string of the molecule is COc1ccc(/C=N\NC(=O)COc2ccccc2OC)cc1CSc1ccccn1. The van der Waals surface area contributed by atoms with Crippen LogP contribution in [0, 0.1) is 0 Å². The number of pyridine rings is 1. The van der Waals surface area contributed by atoms with E-state index in [-0.39, 0.29) is 12.5 Å². The van der Waals surface area contributed by atoms with Crippen molar-refractivity contribution in [3.63, 3.8) is 0 Å². The van der Waals surface area contributed by atoms with Gasteiger partial charge in [-0.05, 0) is 48.0 Å². The van der Waals surface area contributed by atoms with Crippen molar-refractivity contribution in [2.24, 2.45) is 5.10 Å². The van der Waals surface area contributed by atoms with E-state index in [9.17, 15) is 4.79 Å². The lowest BCUT2D eigenvalue weighted by Crippen LogP contribution is -2.24. The third-order valence-corrected chi connectivity index (χ3v) is 5.14. The summed E-state index contributed by atoms with van der Waals surface area (Å²) < 4.78 is 16.1. The Labute approximate surface area is 185 Å². The highest BCUT2D eigenvalue weighted by molar-refractivity contribution is 7.98. The van der Waals surface area contributed by atoms with Crippen LogP contribution in [0.2, 0.25) is 0 Å². The summed E-state index contributed by atoms with van der Waals surface area (Å²) in [6, 6.07) is 18.6. The van der Waals surface area contributed by atoms with Gasteiger partial charge in [-0.15, -0.1) is 11.8 Å². The summed E-state index contributed by atoms with van der Waals surface area (Å²) in [7, 11) is 3.19. The van der Waals surface area contributed by atoms with Gasteiger partial charge >= 0.3 is 0 Å². The fourth-order valence-corrected chi connectivity index (χ4v) is 3.51. The quantitative estimate of drug-likeness (QED) is 0.294. The second-order valence-electron chi connectivity index (χ2n) is 6.26. The van der Waals surface area contributed by atoms with Crippen LogP contribution in [0.15, 0.2) is 77.0 Å². The van der Waals surface area contributed by atoms with Gasteiger partial charge in [-0.3, -0.25) is 4.79 Å². The molecule has 3 rings (SSSR count). The number of amides is 1. The highest BCUT2D eigenvalue weighted by Crippen LogP contribution is 2.27. The monoisotopic (exact) mass is 437 g/mol. The van der Waals surface area contributed by atoms with Crippen LogP contribution in [0.1, 0.15) is 11.1 Å². The predicted octanol–water partition coefficient (Wildman–Crippen LogP) is 3.92. The average molecular weight is 438 g/mol. The second-order valence-corrected chi connectivity index (χ2v) is 7.26. The number of hydrazone groups is 1. The standard InChI is InChI=1S/C23H23N3O4S/c1-28-19-11-10-17(13-18(19)16-31-23-9-5-6-12-24-23)14-25-26-22(27)15-30-21-8-4-3-7-20(21)29-2/h3-14H,15-16H2,1-2H3,(H,26,27)/b25-14-. The number of nitrogens with zero attached hydrogens (tertiary/aromatic N) is 2. The molecule has 0 saturated carbocycles. The molecular weight excluding hydrogens is 414 g/mol. The maximum Gasteiger partial charge on any atom is 0.277 e. The molecule has 1 heterocycles. The molecule has 3 aromatic rings. The van der Waals surface area contributed by atoms with E-state index in [0.717, 1.165) is 21.9 Å². The Kier molecular flexibility index (Phi) is 8.30. The van der Waals surface area contributed by atoms with E-state index in [0.29, 0.717) is 17.3 Å². The summed E-state index contributed by atoms with van der Waals surface area (Å²) in [4.78, 5) is 16.3. The van der Waals surface area contributed by atoms with Gasteiger partial charge in [0.05, 0.1) is 25.5 Å². The molecule has 31 heavy (non-hydrogen) atoms. The fourth-order valence-electron chi connectivity index (χ4n) is 2.67. The van der Waals surface area contributed by atoms with Crippen molar-refractivity contribution in [3.8, 4) is 17.2 Å². The van der Waals surface area contributed by atoms with Crippen molar-refractivity contribution in [2.75, 3.05) is 20.8 Å². The molecule has 0 spiro atoms. The minimum absolute atomic E-state index is 0.174. The number of methoxy groups -OCH3 is 2. The summed E-state index contributed by atoms with van der Waals surface area (Å²) in [5.41, 5.74) is 4.31. The third kappa shape index (κ3) is 6.75. The molecule has 0 aliphatic heterocycles. The molecule has 1 amide bonds. The Morgan fingerprint density at radius 3 is 2.55 bits per heavy atom. The zero-order valence-electron chi connectivity index (χ0n) is 17.3. The first-order valence-corrected chi connectivity index (χ1v) is 10.5. The molecule has 0 unspecified atom stereocenters. The molecule has 0 saturated heterocycles. The number of carbonyl (C=O) groups excluding carboxylic acids is 1. The molecule has 8 heteroatoms. The third-order valence-electron chi connectivity index (χ3n) is 4.15. The van der Waals surface area contributed by atoms with Crippen molar-refractivity contribution < 1.29 is 19.0 Å². The number of carbonyl (C=O) groups is 1. The summed E-state index contributed by atoms with van der Waals surface area (Å²) in [5.74, 6) is 2.17. The maximum absolute atomic E-state index is 12.0. The van der Waals surface area contributed by atoms with Crippen LogP contribution in [0.5, 0.6) is 17.2 Å². The lowest BCUT2D eigenvalue weighted by atomic mass is 10.1. The van der Waals surface area contributed by atoms with Gasteiger partial charge in [0.2, 0.25) is 0 Å². The number of thioether (sulfide) groups is 1. The predicted molar refractivity (Wildman–Crippen MR) is 121 cm³/mol. The van der Waals surface area contributed by atoms with Crippen LogP contribution in [0.4, 0.5) is 0 Å². The smallest absolute Gasteiger partial charge is 0.277 e. The topological polar surface area (TPSA) is 82.0 Å². The van der Waals surface area contributed by atoms with E-state index in [1.165, 1.54) is 0 Å². The molecule has 0 fully saturated rings. The maximum atomic E-state index is 12.0. The summed E-state index contributed by atoms with van der Waals surface area (Å²) in [5, 5.41) is 4.95. The Morgan fingerprint density at radius 1 is 1.03 bits per heavy atom. The van der Waals surface area contributed by atoms with E-state index in [2.05, 4.69) is 15.5 Å². The Hall–Kier alpha value is -3.52. The fraction of sp³-hybridized carbons (Fsp3) is 0.174. The summed E-state index contributed by atoms with van der Waals surface area (Å²) in [6.07, 6.45) is 3.35. The molecule has 0 atom stereocenters. The minimum Gasteiger partial charge on any atom is -0.496 e. The number of benzene rings is 2. The molecule has 1 aromatic heterocycles. The highest BCUT2D eigenvalue weighted by Gasteiger charge is 2.07. The summed E-state index contributed by atoms with van der Waals surface area (Å²) >= 11 is 1.62. The van der Waals surface area contributed by atoms with Gasteiger partial charge in [0.25, 0.3) is 5.91 Å². The first-order chi connectivity index (χ1) is 15.2.